The summed E-state index contributed by atoms with van der Waals surface area (Å²) in [6, 6.07) is 5.59. The second kappa shape index (κ2) is 4.72. The molecule has 0 saturated carbocycles. The predicted molar refractivity (Wildman–Crippen MR) is 64.5 cm³/mol. The van der Waals surface area contributed by atoms with E-state index in [9.17, 15) is 14.9 Å². The van der Waals surface area contributed by atoms with Crippen molar-refractivity contribution in [2.45, 2.75) is 0 Å². The van der Waals surface area contributed by atoms with Crippen LogP contribution in [0.2, 0.25) is 0 Å². The van der Waals surface area contributed by atoms with Crippen molar-refractivity contribution in [3.63, 3.8) is 0 Å². The number of carboxylic acids is 1. The lowest BCUT2D eigenvalue weighted by Gasteiger charge is -1.98. The largest absolute Gasteiger partial charge is 0.476 e. The van der Waals surface area contributed by atoms with Crippen molar-refractivity contribution < 1.29 is 14.8 Å². The molecule has 0 fully saturated rings. The molecule has 0 unspecified atom stereocenters. The van der Waals surface area contributed by atoms with Gasteiger partial charge in [0.2, 0.25) is 5.69 Å². The van der Waals surface area contributed by atoms with E-state index in [1.807, 2.05) is 0 Å². The van der Waals surface area contributed by atoms with E-state index in [4.69, 9.17) is 5.11 Å². The lowest BCUT2D eigenvalue weighted by atomic mass is 10.3. The number of nitro benzene ring substituents is 1. The van der Waals surface area contributed by atoms with Crippen LogP contribution in [0.25, 0.3) is 5.69 Å². The molecule has 1 aromatic heterocycles. The van der Waals surface area contributed by atoms with Crippen molar-refractivity contribution >= 4 is 17.5 Å². The third-order valence-electron chi connectivity index (χ3n) is 2.32. The molecule has 0 saturated heterocycles. The second-order valence-corrected chi connectivity index (χ2v) is 3.52. The summed E-state index contributed by atoms with van der Waals surface area (Å²) < 4.78 is 0. The zero-order chi connectivity index (χ0) is 14.0. The summed E-state index contributed by atoms with van der Waals surface area (Å²) in [5.41, 5.74) is -0.0788. The number of aromatic nitrogens is 3. The Morgan fingerprint density at radius 1 is 1.47 bits per heavy atom. The van der Waals surface area contributed by atoms with Crippen LogP contribution in [0.15, 0.2) is 24.3 Å². The standard InChI is InChI=1S/C10H9N5O4/c1-11-9-8(10(16)17)12-14(13-9)6-3-2-4-7(5-6)15(18)19/h2-5H,1H3,(H,11,13)(H,16,17). The van der Waals surface area contributed by atoms with Crippen LogP contribution >= 0.6 is 0 Å². The van der Waals surface area contributed by atoms with Gasteiger partial charge in [-0.25, -0.2) is 4.79 Å². The summed E-state index contributed by atoms with van der Waals surface area (Å²) in [7, 11) is 1.51. The molecule has 2 aromatic rings. The van der Waals surface area contributed by atoms with Gasteiger partial charge in [-0.2, -0.15) is 0 Å². The minimum Gasteiger partial charge on any atom is -0.476 e. The second-order valence-electron chi connectivity index (χ2n) is 3.52. The molecular weight excluding hydrogens is 254 g/mol. The van der Waals surface area contributed by atoms with Gasteiger partial charge in [-0.3, -0.25) is 10.1 Å². The maximum absolute atomic E-state index is 10.9. The van der Waals surface area contributed by atoms with Crippen molar-refractivity contribution in [3.8, 4) is 5.69 Å². The fourth-order valence-corrected chi connectivity index (χ4v) is 1.47. The lowest BCUT2D eigenvalue weighted by molar-refractivity contribution is -0.384. The minimum absolute atomic E-state index is 0.0824. The Morgan fingerprint density at radius 3 is 2.74 bits per heavy atom. The first-order valence-corrected chi connectivity index (χ1v) is 5.16. The fraction of sp³-hybridized carbons (Fsp3) is 0.100. The molecule has 1 aromatic carbocycles. The number of hydrogen-bond donors (Lipinski definition) is 2. The Bertz CT molecular complexity index is 651. The van der Waals surface area contributed by atoms with Gasteiger partial charge in [0.1, 0.15) is 0 Å². The average Bonchev–Trinajstić information content (AvgIpc) is 2.83. The van der Waals surface area contributed by atoms with Crippen LogP contribution in [0, 0.1) is 10.1 Å². The highest BCUT2D eigenvalue weighted by molar-refractivity contribution is 5.90. The topological polar surface area (TPSA) is 123 Å². The summed E-state index contributed by atoms with van der Waals surface area (Å²) in [6.45, 7) is 0. The monoisotopic (exact) mass is 263 g/mol. The summed E-state index contributed by atoms with van der Waals surface area (Å²) in [6.07, 6.45) is 0. The van der Waals surface area contributed by atoms with E-state index < -0.39 is 10.9 Å². The molecule has 0 radical (unpaired) electrons. The lowest BCUT2D eigenvalue weighted by Crippen LogP contribution is -2.03. The van der Waals surface area contributed by atoms with Gasteiger partial charge < -0.3 is 10.4 Å². The van der Waals surface area contributed by atoms with Gasteiger partial charge in [0.05, 0.1) is 10.6 Å². The summed E-state index contributed by atoms with van der Waals surface area (Å²) in [5, 5.41) is 29.9. The number of non-ortho nitro benzene ring substituents is 1. The van der Waals surface area contributed by atoms with Crippen LogP contribution in [0.4, 0.5) is 11.5 Å². The first-order valence-electron chi connectivity index (χ1n) is 5.16. The Hall–Kier alpha value is -2.97. The molecule has 0 spiro atoms. The van der Waals surface area contributed by atoms with Crippen LogP contribution in [0.3, 0.4) is 0 Å². The maximum atomic E-state index is 10.9. The van der Waals surface area contributed by atoms with E-state index in [-0.39, 0.29) is 17.2 Å². The van der Waals surface area contributed by atoms with Gasteiger partial charge >= 0.3 is 5.97 Å². The summed E-state index contributed by atoms with van der Waals surface area (Å²) in [5.74, 6) is -1.15. The Kier molecular flexibility index (Phi) is 3.10. The summed E-state index contributed by atoms with van der Waals surface area (Å²) >= 11 is 0. The highest BCUT2D eigenvalue weighted by Gasteiger charge is 2.18. The first-order chi connectivity index (χ1) is 9.02. The maximum Gasteiger partial charge on any atom is 0.360 e. The van der Waals surface area contributed by atoms with Crippen LogP contribution in [0.1, 0.15) is 10.5 Å². The smallest absolute Gasteiger partial charge is 0.360 e. The Balaban J connectivity index is 2.50. The van der Waals surface area contributed by atoms with Crippen LogP contribution < -0.4 is 5.32 Å². The molecule has 0 aliphatic heterocycles. The van der Waals surface area contributed by atoms with E-state index in [0.717, 1.165) is 4.80 Å². The quantitative estimate of drug-likeness (QED) is 0.620. The van der Waals surface area contributed by atoms with Crippen LogP contribution in [-0.2, 0) is 0 Å². The van der Waals surface area contributed by atoms with Gasteiger partial charge in [0, 0.05) is 19.2 Å². The van der Waals surface area contributed by atoms with Gasteiger partial charge in [-0.15, -0.1) is 15.0 Å². The SMILES string of the molecule is CNc1nn(-c2cccc([N+](=O)[O-])c2)nc1C(=O)O. The Labute approximate surface area is 106 Å². The number of benzene rings is 1. The average molecular weight is 263 g/mol. The molecule has 0 aliphatic rings. The van der Waals surface area contributed by atoms with E-state index in [0.29, 0.717) is 5.69 Å². The van der Waals surface area contributed by atoms with Crippen molar-refractivity contribution in [1.82, 2.24) is 15.0 Å². The number of rotatable bonds is 4. The molecule has 1 heterocycles. The van der Waals surface area contributed by atoms with Crippen molar-refractivity contribution in [1.29, 1.82) is 0 Å². The molecule has 9 nitrogen and oxygen atoms in total. The zero-order valence-electron chi connectivity index (χ0n) is 9.77. The molecule has 2 N–H and O–H groups in total. The van der Waals surface area contributed by atoms with Crippen LogP contribution in [0.5, 0.6) is 0 Å². The molecule has 9 heteroatoms. The van der Waals surface area contributed by atoms with Gasteiger partial charge in [-0.05, 0) is 6.07 Å². The van der Waals surface area contributed by atoms with Gasteiger partial charge in [0.15, 0.2) is 5.82 Å². The third kappa shape index (κ3) is 2.34. The minimum atomic E-state index is -1.24. The fourth-order valence-electron chi connectivity index (χ4n) is 1.47. The number of anilines is 1. The van der Waals surface area contributed by atoms with E-state index in [1.165, 1.54) is 31.3 Å². The van der Waals surface area contributed by atoms with E-state index >= 15 is 0 Å². The van der Waals surface area contributed by atoms with Crippen LogP contribution in [-0.4, -0.2) is 38.0 Å². The van der Waals surface area contributed by atoms with Crippen molar-refractivity contribution in [2.75, 3.05) is 12.4 Å². The van der Waals surface area contributed by atoms with E-state index in [2.05, 4.69) is 15.5 Å². The zero-order valence-corrected chi connectivity index (χ0v) is 9.77. The molecule has 0 atom stereocenters. The first kappa shape index (κ1) is 12.5. The molecule has 98 valence electrons. The highest BCUT2D eigenvalue weighted by Crippen LogP contribution is 2.17. The number of aromatic carboxylic acids is 1. The summed E-state index contributed by atoms with van der Waals surface area (Å²) in [4.78, 5) is 22.1. The molecule has 0 aliphatic carbocycles. The van der Waals surface area contributed by atoms with E-state index in [1.54, 1.807) is 0 Å². The van der Waals surface area contributed by atoms with Gasteiger partial charge in [-0.1, -0.05) is 6.07 Å². The van der Waals surface area contributed by atoms with Gasteiger partial charge in [0.25, 0.3) is 5.69 Å². The number of nitro groups is 1. The number of carbonyl (C=O) groups is 1. The molecule has 0 bridgehead atoms. The number of hydrogen-bond acceptors (Lipinski definition) is 6. The molecule has 19 heavy (non-hydrogen) atoms. The number of nitrogens with one attached hydrogen (secondary N) is 1. The molecule has 2 rings (SSSR count). The normalized spacial score (nSPS) is 10.2. The number of carboxylic acid groups (broad SMARTS) is 1. The molecular formula is C10H9N5O4. The molecule has 0 amide bonds. The van der Waals surface area contributed by atoms with Crippen molar-refractivity contribution in [2.24, 2.45) is 0 Å². The van der Waals surface area contributed by atoms with Crippen molar-refractivity contribution in [3.05, 3.63) is 40.1 Å². The predicted octanol–water partition coefficient (Wildman–Crippen LogP) is 0.915. The highest BCUT2D eigenvalue weighted by atomic mass is 16.6. The number of nitrogens with zero attached hydrogens (tertiary/aromatic N) is 4. The Morgan fingerprint density at radius 2 is 2.21 bits per heavy atom. The third-order valence-corrected chi connectivity index (χ3v) is 2.32.